The molecule has 2 saturated heterocycles. The van der Waals surface area contributed by atoms with Crippen LogP contribution < -0.4 is 5.32 Å². The van der Waals surface area contributed by atoms with Crippen molar-refractivity contribution >= 4 is 17.7 Å². The number of thioether (sulfide) groups is 1. The van der Waals surface area contributed by atoms with E-state index >= 15 is 0 Å². The first-order valence-electron chi connectivity index (χ1n) is 7.90. The van der Waals surface area contributed by atoms with E-state index in [-0.39, 0.29) is 6.04 Å². The Labute approximate surface area is 121 Å². The lowest BCUT2D eigenvalue weighted by molar-refractivity contribution is -0.130. The van der Waals surface area contributed by atoms with Crippen LogP contribution in [0.4, 0.5) is 0 Å². The van der Waals surface area contributed by atoms with Crippen molar-refractivity contribution in [2.45, 2.75) is 64.6 Å². The molecule has 0 aliphatic carbocycles. The van der Waals surface area contributed by atoms with Gasteiger partial charge in [-0.2, -0.15) is 11.8 Å². The number of hydrogen-bond acceptors (Lipinski definition) is 3. The monoisotopic (exact) mass is 284 g/mol. The molecule has 4 heteroatoms. The molecule has 2 fully saturated rings. The lowest BCUT2D eigenvalue weighted by Gasteiger charge is -2.26. The van der Waals surface area contributed by atoms with E-state index < -0.39 is 0 Å². The number of nitrogens with one attached hydrogen (secondary N) is 1. The van der Waals surface area contributed by atoms with Crippen LogP contribution >= 0.6 is 11.8 Å². The maximum Gasteiger partial charge on any atom is 0.241 e. The van der Waals surface area contributed by atoms with Crippen LogP contribution in [0.3, 0.4) is 0 Å². The van der Waals surface area contributed by atoms with Crippen LogP contribution in [-0.4, -0.2) is 41.1 Å². The van der Waals surface area contributed by atoms with Crippen LogP contribution in [0.1, 0.15) is 52.4 Å². The summed E-state index contributed by atoms with van der Waals surface area (Å²) in [4.78, 5) is 14.7. The Hall–Kier alpha value is -0.220. The van der Waals surface area contributed by atoms with Crippen LogP contribution in [0.2, 0.25) is 0 Å². The lowest BCUT2D eigenvalue weighted by Crippen LogP contribution is -2.40. The number of nitrogens with zero attached hydrogens (tertiary/aromatic N) is 1. The zero-order chi connectivity index (χ0) is 13.7. The molecule has 0 radical (unpaired) electrons. The molecule has 19 heavy (non-hydrogen) atoms. The first-order chi connectivity index (χ1) is 9.26. The fraction of sp³-hybridized carbons (Fsp3) is 0.933. The molecule has 110 valence electrons. The van der Waals surface area contributed by atoms with Gasteiger partial charge in [-0.05, 0) is 36.7 Å². The highest BCUT2D eigenvalue weighted by Gasteiger charge is 2.38. The van der Waals surface area contributed by atoms with Gasteiger partial charge in [-0.25, -0.2) is 0 Å². The molecule has 1 amide bonds. The molecule has 1 N–H and O–H groups in total. The predicted octanol–water partition coefficient (Wildman–Crippen LogP) is 2.86. The topological polar surface area (TPSA) is 32.3 Å². The molecule has 2 heterocycles. The third-order valence-corrected chi connectivity index (χ3v) is 5.47. The zero-order valence-corrected chi connectivity index (χ0v) is 13.2. The van der Waals surface area contributed by atoms with Crippen molar-refractivity contribution in [1.82, 2.24) is 10.2 Å². The molecule has 3 atom stereocenters. The Morgan fingerprint density at radius 3 is 2.79 bits per heavy atom. The molecule has 2 rings (SSSR count). The summed E-state index contributed by atoms with van der Waals surface area (Å²) >= 11 is 2.04. The summed E-state index contributed by atoms with van der Waals surface area (Å²) in [5.41, 5.74) is 0. The molecule has 0 spiro atoms. The van der Waals surface area contributed by atoms with E-state index in [9.17, 15) is 4.79 Å². The molecule has 3 unspecified atom stereocenters. The molecule has 0 aromatic carbocycles. The van der Waals surface area contributed by atoms with E-state index in [4.69, 9.17) is 0 Å². The maximum absolute atomic E-state index is 12.5. The lowest BCUT2D eigenvalue weighted by atomic mass is 10.1. The zero-order valence-electron chi connectivity index (χ0n) is 12.4. The van der Waals surface area contributed by atoms with Gasteiger partial charge in [0.2, 0.25) is 5.91 Å². The fourth-order valence-electron chi connectivity index (χ4n) is 3.10. The minimum atomic E-state index is 0.0885. The highest BCUT2D eigenvalue weighted by molar-refractivity contribution is 7.99. The van der Waals surface area contributed by atoms with Crippen molar-refractivity contribution in [3.05, 3.63) is 0 Å². The first-order valence-corrected chi connectivity index (χ1v) is 9.06. The first kappa shape index (κ1) is 15.2. The molecule has 0 saturated carbocycles. The fourth-order valence-corrected chi connectivity index (χ4v) is 4.37. The standard InChI is InChI=1S/C15H28N2OS/c1-3-5-7-13-15(18)17(14(16-13)6-4-2)10-12-8-9-19-11-12/h12-14,16H,3-11H2,1-2H3. The molecule has 0 bridgehead atoms. The third-order valence-electron chi connectivity index (χ3n) is 4.24. The predicted molar refractivity (Wildman–Crippen MR) is 82.3 cm³/mol. The molecule has 2 aliphatic rings. The second-order valence-electron chi connectivity index (χ2n) is 5.89. The van der Waals surface area contributed by atoms with E-state index in [0.717, 1.165) is 38.1 Å². The average Bonchev–Trinajstić information content (AvgIpc) is 3.00. The van der Waals surface area contributed by atoms with Gasteiger partial charge in [0.25, 0.3) is 0 Å². The number of carbonyl (C=O) groups is 1. The normalized spacial score (nSPS) is 31.4. The van der Waals surface area contributed by atoms with Crippen LogP contribution in [0.5, 0.6) is 0 Å². The molecular formula is C15H28N2OS. The van der Waals surface area contributed by atoms with Crippen molar-refractivity contribution in [1.29, 1.82) is 0 Å². The Morgan fingerprint density at radius 1 is 1.32 bits per heavy atom. The highest BCUT2D eigenvalue weighted by atomic mass is 32.2. The van der Waals surface area contributed by atoms with E-state index in [2.05, 4.69) is 24.1 Å². The van der Waals surface area contributed by atoms with Gasteiger partial charge in [-0.3, -0.25) is 10.1 Å². The quantitative estimate of drug-likeness (QED) is 0.780. The van der Waals surface area contributed by atoms with Crippen LogP contribution in [0.15, 0.2) is 0 Å². The van der Waals surface area contributed by atoms with Crippen molar-refractivity contribution in [3.8, 4) is 0 Å². The van der Waals surface area contributed by atoms with Gasteiger partial charge < -0.3 is 4.90 Å². The van der Waals surface area contributed by atoms with E-state index in [0.29, 0.717) is 12.1 Å². The van der Waals surface area contributed by atoms with Gasteiger partial charge in [0, 0.05) is 6.54 Å². The van der Waals surface area contributed by atoms with Crippen LogP contribution in [-0.2, 0) is 4.79 Å². The summed E-state index contributed by atoms with van der Waals surface area (Å²) in [6, 6.07) is 0.0885. The van der Waals surface area contributed by atoms with Gasteiger partial charge in [0.1, 0.15) is 0 Å². The maximum atomic E-state index is 12.5. The molecule has 0 aromatic heterocycles. The molecule has 0 aromatic rings. The van der Waals surface area contributed by atoms with Crippen LogP contribution in [0, 0.1) is 5.92 Å². The summed E-state index contributed by atoms with van der Waals surface area (Å²) in [7, 11) is 0. The summed E-state index contributed by atoms with van der Waals surface area (Å²) in [6.07, 6.45) is 7.14. The van der Waals surface area contributed by atoms with Crippen molar-refractivity contribution < 1.29 is 4.79 Å². The number of hydrogen-bond donors (Lipinski definition) is 1. The van der Waals surface area contributed by atoms with Gasteiger partial charge in [-0.1, -0.05) is 33.1 Å². The van der Waals surface area contributed by atoms with E-state index in [1.165, 1.54) is 24.3 Å². The molecular weight excluding hydrogens is 256 g/mol. The number of unbranched alkanes of at least 4 members (excludes halogenated alkanes) is 1. The second-order valence-corrected chi connectivity index (χ2v) is 7.04. The SMILES string of the molecule is CCCCC1NC(CCC)N(CC2CCSC2)C1=O. The molecule has 3 nitrogen and oxygen atoms in total. The van der Waals surface area contributed by atoms with Crippen LogP contribution in [0.25, 0.3) is 0 Å². The summed E-state index contributed by atoms with van der Waals surface area (Å²) in [6.45, 7) is 5.37. The number of carbonyl (C=O) groups excluding carboxylic acids is 1. The van der Waals surface area contributed by atoms with E-state index in [1.807, 2.05) is 11.8 Å². The minimum absolute atomic E-state index is 0.0885. The third kappa shape index (κ3) is 3.88. The van der Waals surface area contributed by atoms with E-state index in [1.54, 1.807) is 0 Å². The summed E-state index contributed by atoms with van der Waals surface area (Å²) in [5.74, 6) is 3.60. The smallest absolute Gasteiger partial charge is 0.241 e. The summed E-state index contributed by atoms with van der Waals surface area (Å²) in [5, 5.41) is 3.57. The van der Waals surface area contributed by atoms with Crippen molar-refractivity contribution in [2.24, 2.45) is 5.92 Å². The highest BCUT2D eigenvalue weighted by Crippen LogP contribution is 2.27. The Kier molecular flexibility index (Phi) is 6.02. The average molecular weight is 284 g/mol. The summed E-state index contributed by atoms with van der Waals surface area (Å²) < 4.78 is 0. The van der Waals surface area contributed by atoms with Gasteiger partial charge >= 0.3 is 0 Å². The largest absolute Gasteiger partial charge is 0.325 e. The Bertz CT molecular complexity index is 292. The Balaban J connectivity index is 1.93. The second kappa shape index (κ2) is 7.53. The van der Waals surface area contributed by atoms with Gasteiger partial charge in [0.05, 0.1) is 12.2 Å². The number of amides is 1. The van der Waals surface area contributed by atoms with Crippen molar-refractivity contribution in [3.63, 3.8) is 0 Å². The number of rotatable bonds is 7. The molecule has 2 aliphatic heterocycles. The van der Waals surface area contributed by atoms with Crippen molar-refractivity contribution in [2.75, 3.05) is 18.1 Å². The van der Waals surface area contributed by atoms with Gasteiger partial charge in [0.15, 0.2) is 0 Å². The van der Waals surface area contributed by atoms with Gasteiger partial charge in [-0.15, -0.1) is 0 Å². The Morgan fingerprint density at radius 2 is 2.16 bits per heavy atom. The minimum Gasteiger partial charge on any atom is -0.325 e.